The Morgan fingerprint density at radius 3 is 2.27 bits per heavy atom. The summed E-state index contributed by atoms with van der Waals surface area (Å²) >= 11 is 0. The normalized spacial score (nSPS) is 46.6. The highest BCUT2D eigenvalue weighted by Gasteiger charge is 2.69. The van der Waals surface area contributed by atoms with Crippen LogP contribution in [0.25, 0.3) is 0 Å². The molecule has 5 unspecified atom stereocenters. The first-order valence-corrected chi connectivity index (χ1v) is 17.9. The number of ether oxygens (including phenoxy) is 1. The van der Waals surface area contributed by atoms with Crippen molar-refractivity contribution in [3.05, 3.63) is 11.6 Å². The van der Waals surface area contributed by atoms with E-state index in [4.69, 9.17) is 4.74 Å². The molecule has 14 atom stereocenters. The zero-order valence-electron chi connectivity index (χ0n) is 29.2. The second kappa shape index (κ2) is 12.1. The summed E-state index contributed by atoms with van der Waals surface area (Å²) in [6, 6.07) is 0. The fourth-order valence-corrected chi connectivity index (χ4v) is 12.0. The first kappa shape index (κ1) is 35.3. The molecule has 0 aromatic rings. The Kier molecular flexibility index (Phi) is 9.52. The number of amides is 1. The van der Waals surface area contributed by atoms with E-state index < -0.39 is 43.2 Å². The molecular formula is C37H63NO7. The number of aliphatic hydroxyl groups excluding tert-OH is 5. The van der Waals surface area contributed by atoms with Gasteiger partial charge in [-0.25, -0.2) is 0 Å². The lowest BCUT2D eigenvalue weighted by Gasteiger charge is -2.71. The largest absolute Gasteiger partial charge is 0.394 e. The molecule has 0 aromatic carbocycles. The smallest absolute Gasteiger partial charge is 0.228 e. The summed E-state index contributed by atoms with van der Waals surface area (Å²) in [6.07, 6.45) is 6.08. The Morgan fingerprint density at radius 2 is 1.64 bits per heavy atom. The summed E-state index contributed by atoms with van der Waals surface area (Å²) in [6.45, 7) is 17.1. The predicted molar refractivity (Wildman–Crippen MR) is 174 cm³/mol. The first-order valence-electron chi connectivity index (χ1n) is 17.9. The van der Waals surface area contributed by atoms with Crippen molar-refractivity contribution in [1.82, 2.24) is 5.32 Å². The molecule has 0 saturated heterocycles. The van der Waals surface area contributed by atoms with E-state index in [9.17, 15) is 30.3 Å². The molecule has 0 heterocycles. The Bertz CT molecular complexity index is 1140. The average Bonchev–Trinajstić information content (AvgIpc) is 2.98. The molecule has 0 aliphatic heterocycles. The fourth-order valence-electron chi connectivity index (χ4n) is 12.0. The highest BCUT2D eigenvalue weighted by Crippen LogP contribution is 2.75. The van der Waals surface area contributed by atoms with E-state index >= 15 is 0 Å². The topological polar surface area (TPSA) is 139 Å². The molecule has 5 aliphatic rings. The van der Waals surface area contributed by atoms with Crippen molar-refractivity contribution in [2.24, 2.45) is 56.7 Å². The lowest BCUT2D eigenvalue weighted by Crippen LogP contribution is -2.66. The monoisotopic (exact) mass is 633 g/mol. The van der Waals surface area contributed by atoms with Crippen LogP contribution in [-0.2, 0) is 9.53 Å². The number of carbonyl (C=O) groups excluding carboxylic acids is 1. The van der Waals surface area contributed by atoms with Crippen molar-refractivity contribution in [3.63, 3.8) is 0 Å². The number of hydrogen-bond acceptors (Lipinski definition) is 7. The maximum absolute atomic E-state index is 14.6. The number of hydrogen-bond donors (Lipinski definition) is 6. The summed E-state index contributed by atoms with van der Waals surface area (Å²) in [5, 5.41) is 54.4. The van der Waals surface area contributed by atoms with Crippen molar-refractivity contribution in [2.45, 2.75) is 144 Å². The predicted octanol–water partition coefficient (Wildman–Crippen LogP) is 4.56. The molecule has 0 spiro atoms. The highest BCUT2D eigenvalue weighted by molar-refractivity contribution is 5.84. The van der Waals surface area contributed by atoms with Gasteiger partial charge in [-0.3, -0.25) is 4.79 Å². The highest BCUT2D eigenvalue weighted by atomic mass is 16.5. The molecule has 0 aromatic heterocycles. The van der Waals surface area contributed by atoms with E-state index in [-0.39, 0.29) is 45.5 Å². The summed E-state index contributed by atoms with van der Waals surface area (Å²) in [5.41, 5.74) is 0.835. The standard InChI is InChI=1S/C37H63NO7/c1-21-11-16-37(32(44)38-31(25(42)19-39)45-26(20-40)23(3)41)18-17-35(7)24(30(37)22(21)2)9-10-28-34(6)14-13-29(43)33(4,5)27(34)12-15-36(28,35)8/h9,21-23,25-31,39-43H,10-20H2,1-8H3,(H,38,44)/t21-,22+,23-,25+,26?,27?,28?,29+,30?,31?,34+,35-,36-,37+/m1/s1. The van der Waals surface area contributed by atoms with Gasteiger partial charge in [0, 0.05) is 0 Å². The summed E-state index contributed by atoms with van der Waals surface area (Å²) in [7, 11) is 0. The quantitative estimate of drug-likeness (QED) is 0.170. The van der Waals surface area contributed by atoms with Gasteiger partial charge in [-0.1, -0.05) is 60.1 Å². The zero-order chi connectivity index (χ0) is 33.3. The van der Waals surface area contributed by atoms with Crippen molar-refractivity contribution in [3.8, 4) is 0 Å². The summed E-state index contributed by atoms with van der Waals surface area (Å²) in [4.78, 5) is 14.6. The van der Waals surface area contributed by atoms with Crippen molar-refractivity contribution >= 4 is 5.91 Å². The van der Waals surface area contributed by atoms with Gasteiger partial charge in [0.15, 0.2) is 6.23 Å². The third kappa shape index (κ3) is 5.18. The van der Waals surface area contributed by atoms with Gasteiger partial charge < -0.3 is 35.6 Å². The van der Waals surface area contributed by atoms with Crippen molar-refractivity contribution in [2.75, 3.05) is 13.2 Å². The van der Waals surface area contributed by atoms with Gasteiger partial charge in [0.1, 0.15) is 12.2 Å². The Balaban J connectivity index is 1.52. The Hall–Kier alpha value is -1.03. The van der Waals surface area contributed by atoms with Crippen LogP contribution in [0.4, 0.5) is 0 Å². The third-order valence-electron chi connectivity index (χ3n) is 15.3. The van der Waals surface area contributed by atoms with E-state index in [1.165, 1.54) is 12.5 Å². The SMILES string of the molecule is C[C@@H]1CC[C@]2(C(=O)NC(OC(CO)[C@@H](C)O)[C@@H](O)CO)CC[C@]3(C)C(=CCC4[C@@]5(C)CC[C@H](O)C(C)(C)C5CC[C@]43C)C2[C@H]1C. The van der Waals surface area contributed by atoms with Crippen LogP contribution < -0.4 is 5.32 Å². The van der Waals surface area contributed by atoms with Gasteiger partial charge in [-0.05, 0) is 116 Å². The van der Waals surface area contributed by atoms with Crippen LogP contribution in [-0.4, -0.2) is 75.3 Å². The maximum atomic E-state index is 14.6. The second-order valence-electron chi connectivity index (χ2n) is 17.4. The van der Waals surface area contributed by atoms with E-state index in [2.05, 4.69) is 59.9 Å². The van der Waals surface area contributed by atoms with Crippen molar-refractivity contribution < 1.29 is 35.1 Å². The van der Waals surface area contributed by atoms with Crippen LogP contribution in [0, 0.1) is 56.7 Å². The van der Waals surface area contributed by atoms with E-state index in [1.54, 1.807) is 0 Å². The first-order chi connectivity index (χ1) is 20.9. The van der Waals surface area contributed by atoms with Crippen LogP contribution in [0.1, 0.15) is 113 Å². The van der Waals surface area contributed by atoms with Gasteiger partial charge >= 0.3 is 0 Å². The molecular weight excluding hydrogens is 570 g/mol. The molecule has 6 N–H and O–H groups in total. The molecule has 45 heavy (non-hydrogen) atoms. The van der Waals surface area contributed by atoms with Gasteiger partial charge in [-0.2, -0.15) is 0 Å². The lowest BCUT2D eigenvalue weighted by atomic mass is 9.33. The maximum Gasteiger partial charge on any atom is 0.228 e. The van der Waals surface area contributed by atoms with Crippen LogP contribution in [0.15, 0.2) is 11.6 Å². The van der Waals surface area contributed by atoms with Gasteiger partial charge in [0.05, 0.1) is 30.8 Å². The van der Waals surface area contributed by atoms with Gasteiger partial charge in [0.2, 0.25) is 5.91 Å². The van der Waals surface area contributed by atoms with Crippen LogP contribution >= 0.6 is 0 Å². The Labute approximate surface area is 271 Å². The number of allylic oxidation sites excluding steroid dienone is 2. The molecule has 4 fully saturated rings. The van der Waals surface area contributed by atoms with Crippen LogP contribution in [0.3, 0.4) is 0 Å². The minimum atomic E-state index is -1.40. The van der Waals surface area contributed by atoms with Crippen molar-refractivity contribution in [1.29, 1.82) is 0 Å². The van der Waals surface area contributed by atoms with Gasteiger partial charge in [0.25, 0.3) is 0 Å². The molecule has 5 aliphatic carbocycles. The molecule has 0 bridgehead atoms. The number of aliphatic hydroxyl groups is 5. The third-order valence-corrected chi connectivity index (χ3v) is 15.3. The minimum Gasteiger partial charge on any atom is -0.394 e. The molecule has 1 amide bonds. The Morgan fingerprint density at radius 1 is 0.956 bits per heavy atom. The second-order valence-corrected chi connectivity index (χ2v) is 17.4. The lowest BCUT2D eigenvalue weighted by molar-refractivity contribution is -0.205. The molecule has 5 rings (SSSR count). The molecule has 8 nitrogen and oxygen atoms in total. The summed E-state index contributed by atoms with van der Waals surface area (Å²) < 4.78 is 5.82. The van der Waals surface area contributed by atoms with E-state index in [0.29, 0.717) is 17.8 Å². The number of nitrogens with one attached hydrogen (secondary N) is 1. The van der Waals surface area contributed by atoms with E-state index in [1.807, 2.05) is 0 Å². The summed E-state index contributed by atoms with van der Waals surface area (Å²) in [5.74, 6) is 1.62. The van der Waals surface area contributed by atoms with Crippen LogP contribution in [0.2, 0.25) is 0 Å². The van der Waals surface area contributed by atoms with Crippen LogP contribution in [0.5, 0.6) is 0 Å². The zero-order valence-corrected chi connectivity index (χ0v) is 29.2. The molecule has 4 saturated carbocycles. The average molecular weight is 634 g/mol. The molecule has 258 valence electrons. The van der Waals surface area contributed by atoms with E-state index in [0.717, 1.165) is 57.8 Å². The number of carbonyl (C=O) groups is 1. The number of rotatable bonds is 8. The fraction of sp³-hybridized carbons (Fsp3) is 0.919. The van der Waals surface area contributed by atoms with Gasteiger partial charge in [-0.15, -0.1) is 0 Å². The molecule has 0 radical (unpaired) electrons. The molecule has 8 heteroatoms. The minimum absolute atomic E-state index is 0.0465. The number of fused-ring (bicyclic) bond motifs is 7.